The molecule has 5 heteroatoms. The van der Waals surface area contributed by atoms with E-state index >= 15 is 0 Å². The molecule has 17 heavy (non-hydrogen) atoms. The minimum Gasteiger partial charge on any atom is -0.393 e. The number of carbonyl (C=O) groups is 2. The molecule has 0 spiro atoms. The molecule has 2 amide bonds. The van der Waals surface area contributed by atoms with Gasteiger partial charge in [0.15, 0.2) is 0 Å². The first-order chi connectivity index (χ1) is 8.04. The summed E-state index contributed by atoms with van der Waals surface area (Å²) in [6.07, 6.45) is 1.94. The molecule has 0 saturated carbocycles. The summed E-state index contributed by atoms with van der Waals surface area (Å²) in [6, 6.07) is 0. The van der Waals surface area contributed by atoms with Crippen LogP contribution in [0.15, 0.2) is 0 Å². The number of likely N-dealkylation sites (tertiary alicyclic amines) is 1. The normalized spacial score (nSPS) is 18.9. The molecule has 1 rings (SSSR count). The zero-order chi connectivity index (χ0) is 12.8. The zero-order valence-corrected chi connectivity index (χ0v) is 10.6. The summed E-state index contributed by atoms with van der Waals surface area (Å²) in [5.41, 5.74) is 0. The fourth-order valence-electron chi connectivity index (χ4n) is 2.09. The topological polar surface area (TPSA) is 69.6 Å². The lowest BCUT2D eigenvalue weighted by Crippen LogP contribution is -2.42. The zero-order valence-electron chi connectivity index (χ0n) is 10.6. The molecule has 1 atom stereocenters. The van der Waals surface area contributed by atoms with Gasteiger partial charge < -0.3 is 15.3 Å². The molecule has 98 valence electrons. The van der Waals surface area contributed by atoms with Crippen LogP contribution in [0.25, 0.3) is 0 Å². The molecule has 5 nitrogen and oxygen atoms in total. The fourth-order valence-corrected chi connectivity index (χ4v) is 2.09. The highest BCUT2D eigenvalue weighted by molar-refractivity contribution is 5.79. The van der Waals surface area contributed by atoms with Crippen molar-refractivity contribution in [3.05, 3.63) is 0 Å². The number of nitrogens with zero attached hydrogens (tertiary/aromatic N) is 1. The first kappa shape index (κ1) is 14.0. The third-order valence-electron chi connectivity index (χ3n) is 3.24. The van der Waals surface area contributed by atoms with E-state index in [4.69, 9.17) is 5.11 Å². The number of piperidine rings is 1. The van der Waals surface area contributed by atoms with Gasteiger partial charge in [0.25, 0.3) is 0 Å². The van der Waals surface area contributed by atoms with E-state index in [1.807, 2.05) is 0 Å². The van der Waals surface area contributed by atoms with E-state index in [9.17, 15) is 9.59 Å². The molecule has 0 aliphatic carbocycles. The Labute approximate surface area is 102 Å². The van der Waals surface area contributed by atoms with Crippen molar-refractivity contribution in [3.8, 4) is 0 Å². The Balaban J connectivity index is 2.31. The first-order valence-corrected chi connectivity index (χ1v) is 6.22. The number of rotatable bonds is 4. The van der Waals surface area contributed by atoms with Gasteiger partial charge >= 0.3 is 0 Å². The van der Waals surface area contributed by atoms with Crippen molar-refractivity contribution in [3.63, 3.8) is 0 Å². The van der Waals surface area contributed by atoms with Crippen LogP contribution < -0.4 is 5.32 Å². The van der Waals surface area contributed by atoms with Crippen LogP contribution >= 0.6 is 0 Å². The predicted molar refractivity (Wildman–Crippen MR) is 64.3 cm³/mol. The van der Waals surface area contributed by atoms with E-state index in [1.54, 1.807) is 18.9 Å². The Bertz CT molecular complexity index is 271. The largest absolute Gasteiger partial charge is 0.393 e. The number of aliphatic hydroxyl groups is 1. The molecule has 2 N–H and O–H groups in total. The van der Waals surface area contributed by atoms with Crippen LogP contribution in [0.5, 0.6) is 0 Å². The molecule has 1 saturated heterocycles. The third-order valence-corrected chi connectivity index (χ3v) is 3.24. The van der Waals surface area contributed by atoms with Crippen molar-refractivity contribution >= 4 is 11.8 Å². The van der Waals surface area contributed by atoms with Crippen LogP contribution in [0, 0.1) is 5.92 Å². The van der Waals surface area contributed by atoms with Gasteiger partial charge in [-0.2, -0.15) is 0 Å². The van der Waals surface area contributed by atoms with E-state index in [0.29, 0.717) is 25.9 Å². The van der Waals surface area contributed by atoms with E-state index in [-0.39, 0.29) is 17.7 Å². The van der Waals surface area contributed by atoms with Gasteiger partial charge in [0.2, 0.25) is 11.8 Å². The van der Waals surface area contributed by atoms with Crippen molar-refractivity contribution in [2.45, 2.75) is 38.7 Å². The first-order valence-electron chi connectivity index (χ1n) is 6.22. The second-order valence-corrected chi connectivity index (χ2v) is 4.66. The third kappa shape index (κ3) is 4.34. The smallest absolute Gasteiger partial charge is 0.222 e. The summed E-state index contributed by atoms with van der Waals surface area (Å²) in [4.78, 5) is 25.0. The summed E-state index contributed by atoms with van der Waals surface area (Å²) in [7, 11) is 1.64. The lowest BCUT2D eigenvalue weighted by molar-refractivity contribution is -0.135. The molecule has 0 radical (unpaired) electrons. The Morgan fingerprint density at radius 3 is 2.47 bits per heavy atom. The molecule has 1 fully saturated rings. The van der Waals surface area contributed by atoms with Gasteiger partial charge in [0, 0.05) is 32.5 Å². The second-order valence-electron chi connectivity index (χ2n) is 4.66. The monoisotopic (exact) mass is 242 g/mol. The summed E-state index contributed by atoms with van der Waals surface area (Å²) >= 11 is 0. The summed E-state index contributed by atoms with van der Waals surface area (Å²) in [6.45, 7) is 2.98. The maximum absolute atomic E-state index is 11.8. The van der Waals surface area contributed by atoms with Crippen molar-refractivity contribution in [2.24, 2.45) is 5.92 Å². The minimum absolute atomic E-state index is 0.0424. The average molecular weight is 242 g/mol. The Morgan fingerprint density at radius 1 is 1.41 bits per heavy atom. The van der Waals surface area contributed by atoms with Gasteiger partial charge in [0.05, 0.1) is 6.10 Å². The molecule has 1 unspecified atom stereocenters. The lowest BCUT2D eigenvalue weighted by Gasteiger charge is -2.31. The number of amides is 2. The predicted octanol–water partition coefficient (Wildman–Crippen LogP) is 0.132. The quantitative estimate of drug-likeness (QED) is 0.736. The second kappa shape index (κ2) is 6.59. The molecule has 1 heterocycles. The molecule has 0 bridgehead atoms. The highest BCUT2D eigenvalue weighted by Crippen LogP contribution is 2.18. The Hall–Kier alpha value is -1.10. The minimum atomic E-state index is -0.428. The molecular weight excluding hydrogens is 220 g/mol. The molecule has 0 aromatic rings. The van der Waals surface area contributed by atoms with Crippen LogP contribution in [0.4, 0.5) is 0 Å². The number of nitrogens with one attached hydrogen (secondary N) is 1. The highest BCUT2D eigenvalue weighted by Gasteiger charge is 2.26. The van der Waals surface area contributed by atoms with E-state index in [0.717, 1.165) is 12.8 Å². The van der Waals surface area contributed by atoms with Gasteiger partial charge in [-0.25, -0.2) is 0 Å². The number of carbonyl (C=O) groups excluding carboxylic acids is 2. The average Bonchev–Trinajstić information content (AvgIpc) is 2.35. The van der Waals surface area contributed by atoms with Crippen LogP contribution in [0.2, 0.25) is 0 Å². The number of hydrogen-bond acceptors (Lipinski definition) is 3. The van der Waals surface area contributed by atoms with E-state index in [2.05, 4.69) is 5.32 Å². The van der Waals surface area contributed by atoms with Gasteiger partial charge in [-0.1, -0.05) is 0 Å². The van der Waals surface area contributed by atoms with Crippen LogP contribution in [-0.2, 0) is 9.59 Å². The molecule has 0 aromatic heterocycles. The van der Waals surface area contributed by atoms with Crippen LogP contribution in [-0.4, -0.2) is 48.1 Å². The van der Waals surface area contributed by atoms with Gasteiger partial charge in [-0.05, 0) is 26.2 Å². The maximum atomic E-state index is 11.8. The van der Waals surface area contributed by atoms with Crippen LogP contribution in [0.1, 0.15) is 32.6 Å². The van der Waals surface area contributed by atoms with Gasteiger partial charge in [-0.15, -0.1) is 0 Å². The van der Waals surface area contributed by atoms with Crippen molar-refractivity contribution in [1.82, 2.24) is 10.2 Å². The molecular formula is C12H22N2O3. The van der Waals surface area contributed by atoms with Crippen molar-refractivity contribution in [2.75, 3.05) is 20.1 Å². The molecule has 1 aliphatic heterocycles. The van der Waals surface area contributed by atoms with Gasteiger partial charge in [-0.3, -0.25) is 9.59 Å². The lowest BCUT2D eigenvalue weighted by atomic mass is 9.95. The van der Waals surface area contributed by atoms with Crippen molar-refractivity contribution < 1.29 is 14.7 Å². The Morgan fingerprint density at radius 2 is 2.00 bits per heavy atom. The summed E-state index contributed by atoms with van der Waals surface area (Å²) in [5, 5.41) is 11.8. The molecule has 1 aliphatic rings. The maximum Gasteiger partial charge on any atom is 0.222 e. The standard InChI is InChI=1S/C12H22N2O3/c1-9(15)3-4-11(16)14-7-5-10(6-8-14)12(17)13-2/h9-10,15H,3-8H2,1-2H3,(H,13,17). The van der Waals surface area contributed by atoms with Crippen LogP contribution in [0.3, 0.4) is 0 Å². The summed E-state index contributed by atoms with van der Waals surface area (Å²) in [5.74, 6) is 0.197. The summed E-state index contributed by atoms with van der Waals surface area (Å²) < 4.78 is 0. The number of aliphatic hydroxyl groups excluding tert-OH is 1. The van der Waals surface area contributed by atoms with Gasteiger partial charge in [0.1, 0.15) is 0 Å². The van der Waals surface area contributed by atoms with Crippen molar-refractivity contribution in [1.29, 1.82) is 0 Å². The Kier molecular flexibility index (Phi) is 5.41. The fraction of sp³-hybridized carbons (Fsp3) is 0.833. The highest BCUT2D eigenvalue weighted by atomic mass is 16.3. The SMILES string of the molecule is CNC(=O)C1CCN(C(=O)CCC(C)O)CC1. The number of hydrogen-bond donors (Lipinski definition) is 2. The molecule has 0 aromatic carbocycles. The van der Waals surface area contributed by atoms with E-state index < -0.39 is 6.10 Å². The van der Waals surface area contributed by atoms with E-state index in [1.165, 1.54) is 0 Å².